The molecule has 3 unspecified atom stereocenters. The number of hydrogen-bond acceptors (Lipinski definition) is 3. The van der Waals surface area contributed by atoms with Crippen LogP contribution in [0.2, 0.25) is 0 Å². The highest BCUT2D eigenvalue weighted by Crippen LogP contribution is 2.38. The first kappa shape index (κ1) is 14.3. The fourth-order valence-corrected chi connectivity index (χ4v) is 3.96. The van der Waals surface area contributed by atoms with Crippen LogP contribution in [-0.4, -0.2) is 61.7 Å². The summed E-state index contributed by atoms with van der Waals surface area (Å²) in [5.41, 5.74) is 0.435. The number of rotatable bonds is 2. The molecule has 1 saturated carbocycles. The van der Waals surface area contributed by atoms with E-state index in [2.05, 4.69) is 50.0 Å². The van der Waals surface area contributed by atoms with E-state index in [4.69, 9.17) is 0 Å². The molecule has 3 heteroatoms. The smallest absolute Gasteiger partial charge is 0.0271 e. The van der Waals surface area contributed by atoms with E-state index in [1.54, 1.807) is 0 Å². The molecule has 0 aromatic carbocycles. The van der Waals surface area contributed by atoms with Crippen molar-refractivity contribution in [3.05, 3.63) is 0 Å². The maximum Gasteiger partial charge on any atom is 0.0271 e. The van der Waals surface area contributed by atoms with Gasteiger partial charge in [-0.05, 0) is 39.3 Å². The van der Waals surface area contributed by atoms with Gasteiger partial charge in [0.2, 0.25) is 0 Å². The summed E-state index contributed by atoms with van der Waals surface area (Å²) < 4.78 is 0. The van der Waals surface area contributed by atoms with E-state index < -0.39 is 0 Å². The van der Waals surface area contributed by atoms with Crippen LogP contribution >= 0.6 is 0 Å². The third kappa shape index (κ3) is 2.73. The van der Waals surface area contributed by atoms with Gasteiger partial charge in [0.25, 0.3) is 0 Å². The van der Waals surface area contributed by atoms with Crippen molar-refractivity contribution >= 4 is 0 Å². The zero-order valence-electron chi connectivity index (χ0n) is 12.9. The van der Waals surface area contributed by atoms with Gasteiger partial charge >= 0.3 is 0 Å². The third-order valence-corrected chi connectivity index (χ3v) is 5.32. The van der Waals surface area contributed by atoms with Crippen molar-refractivity contribution in [1.82, 2.24) is 15.1 Å². The van der Waals surface area contributed by atoms with Crippen LogP contribution in [0.5, 0.6) is 0 Å². The molecule has 0 aromatic heterocycles. The van der Waals surface area contributed by atoms with Gasteiger partial charge in [0.05, 0.1) is 0 Å². The molecule has 0 radical (unpaired) electrons. The molecule has 1 heterocycles. The maximum absolute atomic E-state index is 3.61. The van der Waals surface area contributed by atoms with Gasteiger partial charge in [-0.3, -0.25) is 4.90 Å². The molecule has 0 spiro atoms. The first-order valence-electron chi connectivity index (χ1n) is 7.57. The molecule has 2 rings (SSSR count). The first-order valence-corrected chi connectivity index (χ1v) is 7.57. The van der Waals surface area contributed by atoms with Crippen LogP contribution in [0.15, 0.2) is 0 Å². The zero-order chi connectivity index (χ0) is 13.3. The molecule has 2 aliphatic rings. The van der Waals surface area contributed by atoms with Crippen molar-refractivity contribution in [3.8, 4) is 0 Å². The molecular weight excluding hydrogens is 222 g/mol. The lowest BCUT2D eigenvalue weighted by Gasteiger charge is -2.51. The molecule has 1 aliphatic heterocycles. The standard InChI is InChI=1S/C15H31N3/c1-12-11-18(10-9-17(12)5)13-7-6-8-15(2,3)14(13)16-4/h12-14,16H,6-11H2,1-5H3. The lowest BCUT2D eigenvalue weighted by atomic mass is 9.70. The summed E-state index contributed by atoms with van der Waals surface area (Å²) in [6, 6.07) is 2.07. The highest BCUT2D eigenvalue weighted by molar-refractivity contribution is 4.99. The average molecular weight is 253 g/mol. The van der Waals surface area contributed by atoms with Crippen LogP contribution in [0.1, 0.15) is 40.0 Å². The minimum Gasteiger partial charge on any atom is -0.315 e. The largest absolute Gasteiger partial charge is 0.315 e. The summed E-state index contributed by atoms with van der Waals surface area (Å²) >= 11 is 0. The van der Waals surface area contributed by atoms with E-state index in [-0.39, 0.29) is 0 Å². The van der Waals surface area contributed by atoms with E-state index in [1.807, 2.05) is 0 Å². The fourth-order valence-electron chi connectivity index (χ4n) is 3.96. The molecule has 3 atom stereocenters. The second-order valence-corrected chi connectivity index (χ2v) is 7.04. The lowest BCUT2D eigenvalue weighted by molar-refractivity contribution is 0.00858. The molecule has 1 N–H and O–H groups in total. The van der Waals surface area contributed by atoms with Crippen LogP contribution in [-0.2, 0) is 0 Å². The highest BCUT2D eigenvalue weighted by Gasteiger charge is 2.41. The Labute approximate surface area is 113 Å². The van der Waals surface area contributed by atoms with Gasteiger partial charge in [-0.25, -0.2) is 0 Å². The van der Waals surface area contributed by atoms with Gasteiger partial charge in [0.1, 0.15) is 0 Å². The lowest BCUT2D eigenvalue weighted by Crippen LogP contribution is -2.62. The van der Waals surface area contributed by atoms with Gasteiger partial charge in [-0.1, -0.05) is 20.3 Å². The van der Waals surface area contributed by atoms with Crippen LogP contribution in [0.3, 0.4) is 0 Å². The monoisotopic (exact) mass is 253 g/mol. The second kappa shape index (κ2) is 5.48. The molecule has 18 heavy (non-hydrogen) atoms. The Morgan fingerprint density at radius 3 is 2.56 bits per heavy atom. The number of piperazine rings is 1. The third-order valence-electron chi connectivity index (χ3n) is 5.32. The molecule has 1 aliphatic carbocycles. The number of nitrogens with zero attached hydrogens (tertiary/aromatic N) is 2. The second-order valence-electron chi connectivity index (χ2n) is 7.04. The molecular formula is C15H31N3. The van der Waals surface area contributed by atoms with Gasteiger partial charge in [-0.2, -0.15) is 0 Å². The Kier molecular flexibility index (Phi) is 4.35. The van der Waals surface area contributed by atoms with Gasteiger partial charge in [0.15, 0.2) is 0 Å². The maximum atomic E-state index is 3.61. The van der Waals surface area contributed by atoms with Gasteiger partial charge < -0.3 is 10.2 Å². The van der Waals surface area contributed by atoms with Gasteiger partial charge in [-0.15, -0.1) is 0 Å². The molecule has 2 fully saturated rings. The number of hydrogen-bond donors (Lipinski definition) is 1. The number of nitrogens with one attached hydrogen (secondary N) is 1. The summed E-state index contributed by atoms with van der Waals surface area (Å²) in [7, 11) is 4.40. The fraction of sp³-hybridized carbons (Fsp3) is 1.00. The quantitative estimate of drug-likeness (QED) is 0.809. The normalized spacial score (nSPS) is 38.8. The van der Waals surface area contributed by atoms with E-state index in [0.29, 0.717) is 17.5 Å². The van der Waals surface area contributed by atoms with Crippen molar-refractivity contribution in [2.45, 2.75) is 58.2 Å². The van der Waals surface area contributed by atoms with Crippen LogP contribution < -0.4 is 5.32 Å². The summed E-state index contributed by atoms with van der Waals surface area (Å²) in [5, 5.41) is 3.61. The first-order chi connectivity index (χ1) is 8.45. The Hall–Kier alpha value is -0.120. The van der Waals surface area contributed by atoms with Crippen molar-refractivity contribution in [3.63, 3.8) is 0 Å². The van der Waals surface area contributed by atoms with Crippen molar-refractivity contribution in [2.24, 2.45) is 5.41 Å². The summed E-state index contributed by atoms with van der Waals surface area (Å²) in [6.45, 7) is 10.9. The Bertz CT molecular complexity index is 277. The molecule has 0 aromatic rings. The number of likely N-dealkylation sites (N-methyl/N-ethyl adjacent to an activating group) is 2. The van der Waals surface area contributed by atoms with E-state index in [9.17, 15) is 0 Å². The van der Waals surface area contributed by atoms with Crippen molar-refractivity contribution in [2.75, 3.05) is 33.7 Å². The van der Waals surface area contributed by atoms with Crippen molar-refractivity contribution in [1.29, 1.82) is 0 Å². The van der Waals surface area contributed by atoms with Crippen LogP contribution in [0.25, 0.3) is 0 Å². The average Bonchev–Trinajstić information content (AvgIpc) is 2.31. The molecule has 0 bridgehead atoms. The minimum atomic E-state index is 0.435. The summed E-state index contributed by atoms with van der Waals surface area (Å²) in [5.74, 6) is 0. The molecule has 106 valence electrons. The van der Waals surface area contributed by atoms with Crippen LogP contribution in [0, 0.1) is 5.41 Å². The van der Waals surface area contributed by atoms with E-state index >= 15 is 0 Å². The topological polar surface area (TPSA) is 18.5 Å². The highest BCUT2D eigenvalue weighted by atomic mass is 15.3. The Morgan fingerprint density at radius 2 is 1.94 bits per heavy atom. The predicted molar refractivity (Wildman–Crippen MR) is 77.9 cm³/mol. The summed E-state index contributed by atoms with van der Waals surface area (Å²) in [6.07, 6.45) is 4.11. The SMILES string of the molecule is CNC1C(N2CCN(C)C(C)C2)CCCC1(C)C. The molecule has 1 saturated heterocycles. The predicted octanol–water partition coefficient (Wildman–Crippen LogP) is 1.79. The zero-order valence-corrected chi connectivity index (χ0v) is 12.9. The van der Waals surface area contributed by atoms with Crippen molar-refractivity contribution < 1.29 is 0 Å². The van der Waals surface area contributed by atoms with Crippen LogP contribution in [0.4, 0.5) is 0 Å². The molecule has 3 nitrogen and oxygen atoms in total. The minimum absolute atomic E-state index is 0.435. The van der Waals surface area contributed by atoms with E-state index in [1.165, 1.54) is 38.9 Å². The summed E-state index contributed by atoms with van der Waals surface area (Å²) in [4.78, 5) is 5.23. The molecule has 0 amide bonds. The van der Waals surface area contributed by atoms with Gasteiger partial charge in [0, 0.05) is 37.8 Å². The Balaban J connectivity index is 2.07. The van der Waals surface area contributed by atoms with E-state index in [0.717, 1.165) is 6.04 Å². The Morgan fingerprint density at radius 1 is 1.22 bits per heavy atom.